The van der Waals surface area contributed by atoms with Gasteiger partial charge in [-0.05, 0) is 70.5 Å². The Morgan fingerprint density at radius 1 is 1.24 bits per heavy atom. The average molecular weight is 535 g/mol. The summed E-state index contributed by atoms with van der Waals surface area (Å²) in [6, 6.07) is 8.40. The van der Waals surface area contributed by atoms with Gasteiger partial charge in [-0.15, -0.1) is 0 Å². The van der Waals surface area contributed by atoms with Gasteiger partial charge in [-0.3, -0.25) is 19.3 Å². The molecule has 0 spiro atoms. The van der Waals surface area contributed by atoms with E-state index >= 15 is 0 Å². The Balaban J connectivity index is 1.47. The van der Waals surface area contributed by atoms with E-state index in [1.807, 2.05) is 6.92 Å². The second-order valence-corrected chi connectivity index (χ2v) is 8.70. The number of hydrogen-bond acceptors (Lipinski definition) is 8. The van der Waals surface area contributed by atoms with Crippen LogP contribution in [0.5, 0.6) is 23.0 Å². The minimum atomic E-state index is -0.546. The summed E-state index contributed by atoms with van der Waals surface area (Å²) < 4.78 is 22.1. The first-order valence-corrected chi connectivity index (χ1v) is 11.5. The van der Waals surface area contributed by atoms with Crippen molar-refractivity contribution in [2.75, 3.05) is 32.4 Å². The molecule has 3 amide bonds. The summed E-state index contributed by atoms with van der Waals surface area (Å²) >= 11 is 4.20. The Morgan fingerprint density at radius 2 is 2.03 bits per heavy atom. The van der Waals surface area contributed by atoms with Crippen molar-refractivity contribution in [3.05, 3.63) is 45.3 Å². The van der Waals surface area contributed by atoms with Crippen LogP contribution >= 0.6 is 27.7 Å². The fourth-order valence-corrected chi connectivity index (χ4v) is 4.70. The molecule has 1 fully saturated rings. The maximum atomic E-state index is 12.8. The van der Waals surface area contributed by atoms with Gasteiger partial charge in [0.2, 0.25) is 12.7 Å². The molecule has 1 saturated heterocycles. The van der Waals surface area contributed by atoms with Crippen molar-refractivity contribution in [3.63, 3.8) is 0 Å². The van der Waals surface area contributed by atoms with E-state index in [0.717, 1.165) is 16.7 Å². The lowest BCUT2D eigenvalue weighted by molar-refractivity contribution is -0.127. The van der Waals surface area contributed by atoms with Gasteiger partial charge < -0.3 is 24.3 Å². The van der Waals surface area contributed by atoms with Crippen LogP contribution < -0.4 is 24.3 Å². The van der Waals surface area contributed by atoms with Crippen LogP contribution in [0.3, 0.4) is 0 Å². The molecule has 0 atom stereocenters. The summed E-state index contributed by atoms with van der Waals surface area (Å²) in [5.74, 6) is 1.07. The molecule has 4 rings (SSSR count). The van der Waals surface area contributed by atoms with Crippen LogP contribution in [0.25, 0.3) is 6.08 Å². The standard InChI is InChI=1S/C22H19BrN2O7S/c1-3-30-17-7-12(6-14(23)20(17)29-2)8-18-21(27)25(22(28)33-18)10-19(26)24-13-4-5-15-16(9-13)32-11-31-15/h4-9H,3,10-11H2,1-2H3,(H,24,26)/b18-8+. The zero-order chi connectivity index (χ0) is 23.5. The van der Waals surface area contributed by atoms with Gasteiger partial charge in [0, 0.05) is 11.8 Å². The number of benzene rings is 2. The number of nitrogens with zero attached hydrogens (tertiary/aromatic N) is 1. The first-order chi connectivity index (χ1) is 15.9. The molecule has 33 heavy (non-hydrogen) atoms. The van der Waals surface area contributed by atoms with Crippen LogP contribution in [0.4, 0.5) is 10.5 Å². The van der Waals surface area contributed by atoms with Crippen molar-refractivity contribution in [3.8, 4) is 23.0 Å². The van der Waals surface area contributed by atoms with Gasteiger partial charge in [-0.2, -0.15) is 0 Å². The van der Waals surface area contributed by atoms with Crippen molar-refractivity contribution in [1.29, 1.82) is 0 Å². The monoisotopic (exact) mass is 534 g/mol. The number of imide groups is 1. The predicted molar refractivity (Wildman–Crippen MR) is 126 cm³/mol. The summed E-state index contributed by atoms with van der Waals surface area (Å²) in [6.07, 6.45) is 1.58. The van der Waals surface area contributed by atoms with Crippen molar-refractivity contribution in [2.24, 2.45) is 0 Å². The highest BCUT2D eigenvalue weighted by Gasteiger charge is 2.36. The third-order valence-corrected chi connectivity index (χ3v) is 6.16. The highest BCUT2D eigenvalue weighted by molar-refractivity contribution is 9.10. The second-order valence-electron chi connectivity index (χ2n) is 6.85. The van der Waals surface area contributed by atoms with E-state index in [1.54, 1.807) is 36.4 Å². The van der Waals surface area contributed by atoms with Crippen LogP contribution in [-0.4, -0.2) is 49.0 Å². The molecule has 0 saturated carbocycles. The molecular weight excluding hydrogens is 516 g/mol. The molecule has 0 aromatic heterocycles. The van der Waals surface area contributed by atoms with Crippen molar-refractivity contribution >= 4 is 56.5 Å². The molecule has 2 aromatic carbocycles. The number of carbonyl (C=O) groups excluding carboxylic acids is 3. The third-order valence-electron chi connectivity index (χ3n) is 4.67. The van der Waals surface area contributed by atoms with E-state index in [2.05, 4.69) is 21.2 Å². The normalized spacial score (nSPS) is 15.8. The van der Waals surface area contributed by atoms with E-state index in [9.17, 15) is 14.4 Å². The Labute approximate surface area is 202 Å². The van der Waals surface area contributed by atoms with Gasteiger partial charge in [-0.25, -0.2) is 0 Å². The maximum Gasteiger partial charge on any atom is 0.294 e. The number of thioether (sulfide) groups is 1. The number of amides is 3. The van der Waals surface area contributed by atoms with Gasteiger partial charge in [0.1, 0.15) is 6.54 Å². The Kier molecular flexibility index (Phi) is 6.80. The van der Waals surface area contributed by atoms with Crippen LogP contribution in [-0.2, 0) is 9.59 Å². The van der Waals surface area contributed by atoms with Gasteiger partial charge in [0.25, 0.3) is 11.1 Å². The minimum absolute atomic E-state index is 0.118. The number of anilines is 1. The molecule has 0 radical (unpaired) electrons. The van der Waals surface area contributed by atoms with Crippen molar-refractivity contribution < 1.29 is 33.3 Å². The van der Waals surface area contributed by atoms with Crippen LogP contribution in [0, 0.1) is 0 Å². The number of rotatable bonds is 7. The first-order valence-electron chi connectivity index (χ1n) is 9.84. The third kappa shape index (κ3) is 4.93. The molecule has 0 aliphatic carbocycles. The molecule has 2 aliphatic rings. The van der Waals surface area contributed by atoms with E-state index in [4.69, 9.17) is 18.9 Å². The maximum absolute atomic E-state index is 12.8. The van der Waals surface area contributed by atoms with Gasteiger partial charge in [0.15, 0.2) is 23.0 Å². The van der Waals surface area contributed by atoms with E-state index in [1.165, 1.54) is 7.11 Å². The Bertz CT molecular complexity index is 1170. The molecule has 0 unspecified atom stereocenters. The first kappa shape index (κ1) is 23.0. The lowest BCUT2D eigenvalue weighted by Crippen LogP contribution is -2.36. The minimum Gasteiger partial charge on any atom is -0.492 e. The quantitative estimate of drug-likeness (QED) is 0.525. The van der Waals surface area contributed by atoms with Crippen LogP contribution in [0.1, 0.15) is 12.5 Å². The summed E-state index contributed by atoms with van der Waals surface area (Å²) in [4.78, 5) is 38.8. The number of fused-ring (bicyclic) bond motifs is 1. The highest BCUT2D eigenvalue weighted by atomic mass is 79.9. The smallest absolute Gasteiger partial charge is 0.294 e. The molecule has 172 valence electrons. The van der Waals surface area contributed by atoms with Crippen molar-refractivity contribution in [1.82, 2.24) is 4.90 Å². The lowest BCUT2D eigenvalue weighted by Gasteiger charge is -2.13. The molecule has 2 aromatic rings. The van der Waals surface area contributed by atoms with E-state index in [-0.39, 0.29) is 11.7 Å². The molecule has 2 aliphatic heterocycles. The molecule has 0 bridgehead atoms. The number of hydrogen-bond donors (Lipinski definition) is 1. The molecule has 1 N–H and O–H groups in total. The summed E-state index contributed by atoms with van der Waals surface area (Å²) in [5.41, 5.74) is 1.11. The Morgan fingerprint density at radius 3 is 2.79 bits per heavy atom. The zero-order valence-corrected chi connectivity index (χ0v) is 20.1. The summed E-state index contributed by atoms with van der Waals surface area (Å²) in [6.45, 7) is 1.99. The van der Waals surface area contributed by atoms with E-state index < -0.39 is 23.6 Å². The van der Waals surface area contributed by atoms with Crippen LogP contribution in [0.2, 0.25) is 0 Å². The SMILES string of the molecule is CCOc1cc(/C=C2/SC(=O)N(CC(=O)Nc3ccc4c(c3)OCO4)C2=O)cc(Br)c1OC. The lowest BCUT2D eigenvalue weighted by atomic mass is 10.2. The Hall–Kier alpha value is -3.18. The topological polar surface area (TPSA) is 103 Å². The summed E-state index contributed by atoms with van der Waals surface area (Å²) in [5, 5.41) is 2.14. The molecule has 11 heteroatoms. The number of carbonyl (C=O) groups is 3. The van der Waals surface area contributed by atoms with Crippen LogP contribution in [0.15, 0.2) is 39.7 Å². The largest absolute Gasteiger partial charge is 0.492 e. The van der Waals surface area contributed by atoms with Gasteiger partial charge in [-0.1, -0.05) is 0 Å². The zero-order valence-electron chi connectivity index (χ0n) is 17.7. The average Bonchev–Trinajstić information content (AvgIpc) is 3.33. The number of halogens is 1. The second kappa shape index (κ2) is 9.75. The number of nitrogens with one attached hydrogen (secondary N) is 1. The fourth-order valence-electron chi connectivity index (χ4n) is 3.24. The van der Waals surface area contributed by atoms with Gasteiger partial charge in [0.05, 0.1) is 23.1 Å². The number of ether oxygens (including phenoxy) is 4. The highest BCUT2D eigenvalue weighted by Crippen LogP contribution is 2.39. The fraction of sp³-hybridized carbons (Fsp3) is 0.227. The molecular formula is C22H19BrN2O7S. The summed E-state index contributed by atoms with van der Waals surface area (Å²) in [7, 11) is 1.53. The molecule has 2 heterocycles. The van der Waals surface area contributed by atoms with Gasteiger partial charge >= 0.3 is 0 Å². The van der Waals surface area contributed by atoms with E-state index in [0.29, 0.717) is 45.3 Å². The molecule has 9 nitrogen and oxygen atoms in total. The number of methoxy groups -OCH3 is 1. The van der Waals surface area contributed by atoms with Crippen molar-refractivity contribution in [2.45, 2.75) is 6.92 Å². The predicted octanol–water partition coefficient (Wildman–Crippen LogP) is 4.26.